The number of alkyl halides is 9. The van der Waals surface area contributed by atoms with Gasteiger partial charge < -0.3 is 15.8 Å². The summed E-state index contributed by atoms with van der Waals surface area (Å²) in [6, 6.07) is 1.46. The van der Waals surface area contributed by atoms with E-state index in [1.165, 1.54) is 20.9 Å². The number of rotatable bonds is 4. The molecule has 0 aliphatic carbocycles. The van der Waals surface area contributed by atoms with Crippen molar-refractivity contribution in [1.82, 2.24) is 4.90 Å². The van der Waals surface area contributed by atoms with E-state index < -0.39 is 75.9 Å². The van der Waals surface area contributed by atoms with Crippen molar-refractivity contribution in [2.75, 3.05) is 12.4 Å². The van der Waals surface area contributed by atoms with Gasteiger partial charge in [-0.3, -0.25) is 14.5 Å². The van der Waals surface area contributed by atoms with Gasteiger partial charge in [0.2, 0.25) is 5.91 Å². The topological polar surface area (TPSA) is 114 Å². The third kappa shape index (κ3) is 4.70. The van der Waals surface area contributed by atoms with Crippen LogP contribution in [0.5, 0.6) is 0 Å². The number of nitrogens with zero attached hydrogens (tertiary/aromatic N) is 2. The Hall–Kier alpha value is -3.60. The predicted octanol–water partition coefficient (Wildman–Crippen LogP) is 3.76. The van der Waals surface area contributed by atoms with Gasteiger partial charge in [-0.1, -0.05) is 0 Å². The standard InChI is InChI=1S/C20H18F10N4O4/c1-15(2)12(36)34(4)14(31)33-16(15,3)9-7-8(5-6-10(9)21)32-11(35)17(19(25,26)27,20(28,29)30)38-13(37)18(22,23)24/h5-7H,1-4H3,(H2,31,33)(H,32,35)/t16-/m1/s1. The molecule has 1 heterocycles. The van der Waals surface area contributed by atoms with E-state index in [0.717, 1.165) is 17.1 Å². The highest BCUT2D eigenvalue weighted by molar-refractivity contribution is 6.02. The van der Waals surface area contributed by atoms with Gasteiger partial charge in [-0.05, 0) is 39.0 Å². The molecule has 0 saturated heterocycles. The summed E-state index contributed by atoms with van der Waals surface area (Å²) in [4.78, 5) is 41.0. The molecular formula is C20H18F10N4O4. The number of anilines is 1. The Kier molecular flexibility index (Phi) is 7.26. The van der Waals surface area contributed by atoms with E-state index in [1.54, 1.807) is 0 Å². The van der Waals surface area contributed by atoms with Crippen molar-refractivity contribution in [3.05, 3.63) is 29.6 Å². The molecule has 8 nitrogen and oxygen atoms in total. The molecule has 1 atom stereocenters. The fraction of sp³-hybridized carbons (Fsp3) is 0.500. The summed E-state index contributed by atoms with van der Waals surface area (Å²) in [5, 5.41) is 1.07. The fourth-order valence-corrected chi connectivity index (χ4v) is 3.54. The second kappa shape index (κ2) is 9.00. The zero-order chi connectivity index (χ0) is 29.9. The predicted molar refractivity (Wildman–Crippen MR) is 108 cm³/mol. The number of carbonyl (C=O) groups excluding carboxylic acids is 3. The van der Waals surface area contributed by atoms with E-state index in [0.29, 0.717) is 18.2 Å². The lowest BCUT2D eigenvalue weighted by Gasteiger charge is -2.46. The maximum absolute atomic E-state index is 14.8. The largest absolute Gasteiger partial charge is 0.490 e. The van der Waals surface area contributed by atoms with Gasteiger partial charge in [0.25, 0.3) is 5.91 Å². The smallest absolute Gasteiger partial charge is 0.424 e. The van der Waals surface area contributed by atoms with Crippen molar-refractivity contribution < 1.29 is 63.0 Å². The second-order valence-electron chi connectivity index (χ2n) is 8.74. The molecule has 1 aromatic rings. The number of benzene rings is 1. The number of ether oxygens (including phenoxy) is 1. The van der Waals surface area contributed by atoms with Crippen LogP contribution in [0.1, 0.15) is 26.3 Å². The van der Waals surface area contributed by atoms with E-state index in [2.05, 4.69) is 9.73 Å². The maximum Gasteiger partial charge on any atom is 0.490 e. The van der Waals surface area contributed by atoms with Crippen LogP contribution in [0.3, 0.4) is 0 Å². The third-order valence-corrected chi connectivity index (χ3v) is 6.08. The first-order valence-electron chi connectivity index (χ1n) is 10.0. The monoisotopic (exact) mass is 568 g/mol. The molecule has 0 spiro atoms. The van der Waals surface area contributed by atoms with E-state index in [1.807, 2.05) is 0 Å². The minimum absolute atomic E-state index is 0.433. The summed E-state index contributed by atoms with van der Waals surface area (Å²) in [6.45, 7) is 3.72. The molecule has 0 aromatic heterocycles. The van der Waals surface area contributed by atoms with Gasteiger partial charge in [0.1, 0.15) is 11.4 Å². The number of aliphatic imine (C=N–C) groups is 1. The number of amides is 2. The number of nitrogens with one attached hydrogen (secondary N) is 1. The van der Waals surface area contributed by atoms with Crippen molar-refractivity contribution in [3.8, 4) is 0 Å². The van der Waals surface area contributed by atoms with Crippen LogP contribution in [0.25, 0.3) is 0 Å². The Morgan fingerprint density at radius 2 is 1.50 bits per heavy atom. The molecule has 2 amide bonds. The molecule has 212 valence electrons. The molecule has 0 radical (unpaired) electrons. The van der Waals surface area contributed by atoms with Gasteiger partial charge in [-0.15, -0.1) is 0 Å². The molecule has 0 saturated carbocycles. The SMILES string of the molecule is CN1C(=O)C(C)(C)[C@@](C)(c2cc(NC(=O)C(OC(=O)C(F)(F)F)(C(F)(F)F)C(F)(F)F)ccc2F)N=C1N. The zero-order valence-corrected chi connectivity index (χ0v) is 19.6. The van der Waals surface area contributed by atoms with Crippen LogP contribution in [-0.4, -0.2) is 59.8 Å². The minimum Gasteiger partial charge on any atom is -0.424 e. The molecule has 18 heteroatoms. The summed E-state index contributed by atoms with van der Waals surface area (Å²) in [7, 11) is 1.23. The van der Waals surface area contributed by atoms with Crippen molar-refractivity contribution in [2.24, 2.45) is 16.1 Å². The highest BCUT2D eigenvalue weighted by Gasteiger charge is 2.80. The molecule has 1 aromatic carbocycles. The highest BCUT2D eigenvalue weighted by atomic mass is 19.4. The number of carbonyl (C=O) groups is 3. The zero-order valence-electron chi connectivity index (χ0n) is 19.6. The average molecular weight is 568 g/mol. The minimum atomic E-state index is -6.94. The summed E-state index contributed by atoms with van der Waals surface area (Å²) in [5.41, 5.74) is -5.85. The van der Waals surface area contributed by atoms with E-state index in [4.69, 9.17) is 5.73 Å². The van der Waals surface area contributed by atoms with Gasteiger partial charge >= 0.3 is 30.1 Å². The van der Waals surface area contributed by atoms with Gasteiger partial charge in [0.15, 0.2) is 5.96 Å². The van der Waals surface area contributed by atoms with Crippen LogP contribution in [0.15, 0.2) is 23.2 Å². The average Bonchev–Trinajstić information content (AvgIpc) is 2.73. The third-order valence-electron chi connectivity index (χ3n) is 6.08. The molecule has 2 rings (SSSR count). The van der Waals surface area contributed by atoms with Gasteiger partial charge in [0, 0.05) is 18.3 Å². The van der Waals surface area contributed by atoms with Gasteiger partial charge in [-0.25, -0.2) is 14.2 Å². The highest BCUT2D eigenvalue weighted by Crippen LogP contribution is 2.49. The lowest BCUT2D eigenvalue weighted by molar-refractivity contribution is -0.357. The first-order chi connectivity index (χ1) is 16.8. The van der Waals surface area contributed by atoms with Crippen LogP contribution >= 0.6 is 0 Å². The molecular weight excluding hydrogens is 550 g/mol. The number of halogens is 10. The quantitative estimate of drug-likeness (QED) is 0.424. The summed E-state index contributed by atoms with van der Waals surface area (Å²) in [6.07, 6.45) is -20.2. The summed E-state index contributed by atoms with van der Waals surface area (Å²) >= 11 is 0. The summed E-state index contributed by atoms with van der Waals surface area (Å²) in [5.74, 6) is -9.58. The lowest BCUT2D eigenvalue weighted by Crippen LogP contribution is -2.67. The normalized spacial score (nSPS) is 20.6. The molecule has 0 bridgehead atoms. The molecule has 1 aliphatic rings. The van der Waals surface area contributed by atoms with Crippen molar-refractivity contribution in [2.45, 2.75) is 50.4 Å². The molecule has 3 N–H and O–H groups in total. The number of hydrogen-bond acceptors (Lipinski definition) is 6. The van der Waals surface area contributed by atoms with Crippen LogP contribution in [0, 0.1) is 11.2 Å². The molecule has 0 unspecified atom stereocenters. The molecule has 38 heavy (non-hydrogen) atoms. The van der Waals surface area contributed by atoms with Crippen molar-refractivity contribution >= 4 is 29.4 Å². The van der Waals surface area contributed by atoms with Crippen LogP contribution in [0.2, 0.25) is 0 Å². The Morgan fingerprint density at radius 3 is 1.95 bits per heavy atom. The molecule has 1 aliphatic heterocycles. The van der Waals surface area contributed by atoms with Gasteiger partial charge in [-0.2, -0.15) is 39.5 Å². The van der Waals surface area contributed by atoms with Crippen molar-refractivity contribution in [1.29, 1.82) is 0 Å². The molecule has 0 fully saturated rings. The Labute approximate surface area is 206 Å². The Bertz CT molecular complexity index is 1180. The Balaban J connectivity index is 2.69. The van der Waals surface area contributed by atoms with Crippen molar-refractivity contribution in [3.63, 3.8) is 0 Å². The number of guanidine groups is 1. The first kappa shape index (κ1) is 30.6. The van der Waals surface area contributed by atoms with E-state index >= 15 is 0 Å². The Morgan fingerprint density at radius 1 is 1.00 bits per heavy atom. The summed E-state index contributed by atoms with van der Waals surface area (Å²) < 4.78 is 136. The number of esters is 1. The fourth-order valence-electron chi connectivity index (χ4n) is 3.54. The van der Waals surface area contributed by atoms with E-state index in [9.17, 15) is 58.3 Å². The van der Waals surface area contributed by atoms with Crippen LogP contribution in [-0.2, 0) is 24.7 Å². The lowest BCUT2D eigenvalue weighted by atomic mass is 9.67. The van der Waals surface area contributed by atoms with Crippen LogP contribution < -0.4 is 11.1 Å². The maximum atomic E-state index is 14.8. The number of hydrogen-bond donors (Lipinski definition) is 2. The van der Waals surface area contributed by atoms with Crippen LogP contribution in [0.4, 0.5) is 49.6 Å². The first-order valence-corrected chi connectivity index (χ1v) is 10.0. The van der Waals surface area contributed by atoms with Gasteiger partial charge in [0.05, 0.1) is 5.41 Å². The second-order valence-corrected chi connectivity index (χ2v) is 8.74. The number of nitrogens with two attached hydrogens (primary N) is 1. The van der Waals surface area contributed by atoms with E-state index in [-0.39, 0.29) is 0 Å².